The van der Waals surface area contributed by atoms with Gasteiger partial charge in [-0.25, -0.2) is 0 Å². The third-order valence-corrected chi connectivity index (χ3v) is 4.02. The van der Waals surface area contributed by atoms with Crippen LogP contribution in [0.15, 0.2) is 0 Å². The standard InChI is InChI=1S/C13H24N4O2/c14-12(18)9-17(10-4-7-15-8-5-10)11-3-1-2-6-16-13(11)19/h10-11,15H,1-9H2,(H2,14,18)(H,16,19). The minimum atomic E-state index is -0.351. The quantitative estimate of drug-likeness (QED) is 0.622. The Bertz CT molecular complexity index is 329. The Kier molecular flexibility index (Phi) is 5.15. The van der Waals surface area contributed by atoms with Crippen molar-refractivity contribution < 1.29 is 9.59 Å². The Labute approximate surface area is 114 Å². The van der Waals surface area contributed by atoms with Crippen molar-refractivity contribution in [2.24, 2.45) is 5.73 Å². The summed E-state index contributed by atoms with van der Waals surface area (Å²) < 4.78 is 0. The first-order valence-electron chi connectivity index (χ1n) is 7.21. The van der Waals surface area contributed by atoms with Crippen LogP contribution in [-0.2, 0) is 9.59 Å². The Morgan fingerprint density at radius 2 is 1.95 bits per heavy atom. The van der Waals surface area contributed by atoms with Crippen molar-refractivity contribution in [3.8, 4) is 0 Å². The molecule has 108 valence electrons. The number of rotatable bonds is 4. The Morgan fingerprint density at radius 3 is 2.63 bits per heavy atom. The molecule has 0 aliphatic carbocycles. The molecule has 0 aromatic carbocycles. The molecular weight excluding hydrogens is 244 g/mol. The van der Waals surface area contributed by atoms with Crippen LogP contribution >= 0.6 is 0 Å². The molecule has 0 aromatic rings. The third-order valence-electron chi connectivity index (χ3n) is 4.02. The predicted molar refractivity (Wildman–Crippen MR) is 72.4 cm³/mol. The van der Waals surface area contributed by atoms with Crippen LogP contribution in [0.5, 0.6) is 0 Å². The van der Waals surface area contributed by atoms with Crippen LogP contribution in [-0.4, -0.2) is 55.0 Å². The molecule has 1 unspecified atom stereocenters. The van der Waals surface area contributed by atoms with Gasteiger partial charge >= 0.3 is 0 Å². The molecule has 2 amide bonds. The summed E-state index contributed by atoms with van der Waals surface area (Å²) in [6.45, 7) is 2.80. The van der Waals surface area contributed by atoms with Gasteiger partial charge in [-0.3, -0.25) is 14.5 Å². The van der Waals surface area contributed by atoms with Crippen molar-refractivity contribution >= 4 is 11.8 Å². The molecule has 0 aromatic heterocycles. The van der Waals surface area contributed by atoms with Gasteiger partial charge in [0.05, 0.1) is 12.6 Å². The average molecular weight is 268 g/mol. The van der Waals surface area contributed by atoms with E-state index in [1.807, 2.05) is 4.90 Å². The van der Waals surface area contributed by atoms with Crippen molar-refractivity contribution in [2.75, 3.05) is 26.2 Å². The molecule has 2 heterocycles. The van der Waals surface area contributed by atoms with E-state index in [1.54, 1.807) is 0 Å². The average Bonchev–Trinajstić information content (AvgIpc) is 2.62. The molecule has 1 atom stereocenters. The topological polar surface area (TPSA) is 87.5 Å². The summed E-state index contributed by atoms with van der Waals surface area (Å²) in [6.07, 6.45) is 4.79. The summed E-state index contributed by atoms with van der Waals surface area (Å²) in [6, 6.07) is 0.0840. The van der Waals surface area contributed by atoms with Gasteiger partial charge in [-0.1, -0.05) is 0 Å². The van der Waals surface area contributed by atoms with Gasteiger partial charge in [0.25, 0.3) is 0 Å². The smallest absolute Gasteiger partial charge is 0.237 e. The molecule has 0 bridgehead atoms. The fourth-order valence-electron chi connectivity index (χ4n) is 3.05. The van der Waals surface area contributed by atoms with Crippen LogP contribution < -0.4 is 16.4 Å². The lowest BCUT2D eigenvalue weighted by Crippen LogP contribution is -2.55. The van der Waals surface area contributed by atoms with Gasteiger partial charge in [0.1, 0.15) is 0 Å². The van der Waals surface area contributed by atoms with Crippen LogP contribution in [0.2, 0.25) is 0 Å². The fraction of sp³-hybridized carbons (Fsp3) is 0.846. The minimum Gasteiger partial charge on any atom is -0.369 e. The summed E-state index contributed by atoms with van der Waals surface area (Å²) >= 11 is 0. The van der Waals surface area contributed by atoms with E-state index >= 15 is 0 Å². The normalized spacial score (nSPS) is 25.9. The number of amides is 2. The lowest BCUT2D eigenvalue weighted by Gasteiger charge is -2.38. The second kappa shape index (κ2) is 6.86. The van der Waals surface area contributed by atoms with Gasteiger partial charge in [-0.15, -0.1) is 0 Å². The molecular formula is C13H24N4O2. The first-order valence-corrected chi connectivity index (χ1v) is 7.21. The Hall–Kier alpha value is -1.14. The Morgan fingerprint density at radius 1 is 1.21 bits per heavy atom. The second-order valence-corrected chi connectivity index (χ2v) is 5.42. The first-order chi connectivity index (χ1) is 9.18. The Balaban J connectivity index is 2.09. The monoisotopic (exact) mass is 268 g/mol. The highest BCUT2D eigenvalue weighted by Gasteiger charge is 2.33. The number of hydrogen-bond acceptors (Lipinski definition) is 4. The third kappa shape index (κ3) is 3.91. The molecule has 2 fully saturated rings. The largest absolute Gasteiger partial charge is 0.369 e. The van der Waals surface area contributed by atoms with Gasteiger partial charge in [-0.2, -0.15) is 0 Å². The van der Waals surface area contributed by atoms with Gasteiger partial charge in [0.2, 0.25) is 11.8 Å². The minimum absolute atomic E-state index is 0.0530. The predicted octanol–water partition coefficient (Wildman–Crippen LogP) is -0.806. The number of carbonyl (C=O) groups excluding carboxylic acids is 2. The van der Waals surface area contributed by atoms with Crippen LogP contribution in [0.1, 0.15) is 32.1 Å². The summed E-state index contributed by atoms with van der Waals surface area (Å²) in [5, 5.41) is 6.25. The number of carbonyl (C=O) groups is 2. The molecule has 2 rings (SSSR count). The lowest BCUT2D eigenvalue weighted by molar-refractivity contribution is -0.129. The maximum absolute atomic E-state index is 12.2. The van der Waals surface area contributed by atoms with E-state index in [4.69, 9.17) is 5.73 Å². The highest BCUT2D eigenvalue weighted by molar-refractivity contribution is 5.83. The van der Waals surface area contributed by atoms with Crippen molar-refractivity contribution in [1.29, 1.82) is 0 Å². The van der Waals surface area contributed by atoms with Gasteiger partial charge in [0, 0.05) is 12.6 Å². The van der Waals surface area contributed by atoms with Crippen LogP contribution in [0.3, 0.4) is 0 Å². The summed E-state index contributed by atoms with van der Waals surface area (Å²) in [4.78, 5) is 25.5. The first kappa shape index (κ1) is 14.3. The molecule has 6 heteroatoms. The molecule has 0 spiro atoms. The number of hydrogen-bond donors (Lipinski definition) is 3. The molecule has 2 aliphatic rings. The molecule has 19 heavy (non-hydrogen) atoms. The number of nitrogens with one attached hydrogen (secondary N) is 2. The van der Waals surface area contributed by atoms with E-state index in [-0.39, 0.29) is 30.4 Å². The van der Waals surface area contributed by atoms with Gasteiger partial charge in [-0.05, 0) is 45.2 Å². The van der Waals surface area contributed by atoms with E-state index in [9.17, 15) is 9.59 Å². The van der Waals surface area contributed by atoms with E-state index in [2.05, 4.69) is 10.6 Å². The molecule has 6 nitrogen and oxygen atoms in total. The van der Waals surface area contributed by atoms with Crippen molar-refractivity contribution in [2.45, 2.75) is 44.2 Å². The highest BCUT2D eigenvalue weighted by atomic mass is 16.2. The fourth-order valence-corrected chi connectivity index (χ4v) is 3.05. The molecule has 0 saturated carbocycles. The summed E-state index contributed by atoms with van der Waals surface area (Å²) in [5.41, 5.74) is 5.36. The van der Waals surface area contributed by atoms with Crippen molar-refractivity contribution in [3.05, 3.63) is 0 Å². The zero-order valence-corrected chi connectivity index (χ0v) is 11.4. The zero-order valence-electron chi connectivity index (χ0n) is 11.4. The number of nitrogens with zero attached hydrogens (tertiary/aromatic N) is 1. The van der Waals surface area contributed by atoms with E-state index in [1.165, 1.54) is 0 Å². The van der Waals surface area contributed by atoms with Crippen LogP contribution in [0.25, 0.3) is 0 Å². The zero-order chi connectivity index (χ0) is 13.7. The molecule has 4 N–H and O–H groups in total. The number of piperidine rings is 1. The van der Waals surface area contributed by atoms with E-state index in [0.717, 1.165) is 51.7 Å². The number of nitrogens with two attached hydrogens (primary N) is 1. The van der Waals surface area contributed by atoms with Gasteiger partial charge in [0.15, 0.2) is 0 Å². The second-order valence-electron chi connectivity index (χ2n) is 5.42. The maximum Gasteiger partial charge on any atom is 0.237 e. The van der Waals surface area contributed by atoms with E-state index in [0.29, 0.717) is 0 Å². The number of primary amides is 1. The van der Waals surface area contributed by atoms with Crippen LogP contribution in [0, 0.1) is 0 Å². The van der Waals surface area contributed by atoms with Crippen molar-refractivity contribution in [3.63, 3.8) is 0 Å². The van der Waals surface area contributed by atoms with Gasteiger partial charge < -0.3 is 16.4 Å². The molecule has 2 saturated heterocycles. The molecule has 0 radical (unpaired) electrons. The maximum atomic E-state index is 12.2. The lowest BCUT2D eigenvalue weighted by atomic mass is 10.00. The van der Waals surface area contributed by atoms with E-state index < -0.39 is 0 Å². The SMILES string of the molecule is NC(=O)CN(C1CCNCC1)C1CCCCNC1=O. The molecule has 2 aliphatic heterocycles. The highest BCUT2D eigenvalue weighted by Crippen LogP contribution is 2.20. The van der Waals surface area contributed by atoms with Crippen molar-refractivity contribution in [1.82, 2.24) is 15.5 Å². The van der Waals surface area contributed by atoms with Crippen LogP contribution in [0.4, 0.5) is 0 Å². The summed E-state index contributed by atoms with van der Waals surface area (Å²) in [5.74, 6) is -0.298. The summed E-state index contributed by atoms with van der Waals surface area (Å²) in [7, 11) is 0.